The van der Waals surface area contributed by atoms with Gasteiger partial charge in [-0.05, 0) is 17.5 Å². The lowest BCUT2D eigenvalue weighted by molar-refractivity contribution is -0.385. The first-order valence-electron chi connectivity index (χ1n) is 4.93. The Balaban J connectivity index is 3.30. The van der Waals surface area contributed by atoms with Gasteiger partial charge in [-0.3, -0.25) is 10.1 Å². The van der Waals surface area contributed by atoms with Gasteiger partial charge in [-0.1, -0.05) is 32.4 Å². The number of hydrogen-bond acceptors (Lipinski definition) is 3. The third-order valence-electron chi connectivity index (χ3n) is 2.45. The molecule has 4 nitrogen and oxygen atoms in total. The van der Waals surface area contributed by atoms with Crippen molar-refractivity contribution >= 4 is 17.3 Å². The molecule has 0 saturated carbocycles. The van der Waals surface area contributed by atoms with Crippen LogP contribution in [-0.2, 0) is 0 Å². The van der Waals surface area contributed by atoms with E-state index in [4.69, 9.17) is 17.3 Å². The monoisotopic (exact) mass is 242 g/mol. The normalized spacial score (nSPS) is 13.6. The lowest BCUT2D eigenvalue weighted by Crippen LogP contribution is -2.27. The fraction of sp³-hybridized carbons (Fsp3) is 0.455. The van der Waals surface area contributed by atoms with Gasteiger partial charge in [0.25, 0.3) is 5.69 Å². The highest BCUT2D eigenvalue weighted by Gasteiger charge is 2.28. The molecule has 0 spiro atoms. The lowest BCUT2D eigenvalue weighted by Gasteiger charge is -2.27. The maximum absolute atomic E-state index is 10.9. The van der Waals surface area contributed by atoms with Gasteiger partial charge in [0.1, 0.15) is 0 Å². The Morgan fingerprint density at radius 2 is 2.00 bits per heavy atom. The molecule has 0 unspecified atom stereocenters. The van der Waals surface area contributed by atoms with Crippen molar-refractivity contribution < 1.29 is 4.92 Å². The molecule has 1 atom stereocenters. The molecule has 88 valence electrons. The standard InChI is InChI=1S/C11H15ClN2O2/c1-11(2,3)10(13)8-6-7(12)4-5-9(8)14(15)16/h4-6,10H,13H2,1-3H3/t10-/m1/s1. The molecule has 0 aliphatic heterocycles. The van der Waals surface area contributed by atoms with Gasteiger partial charge in [0.2, 0.25) is 0 Å². The van der Waals surface area contributed by atoms with E-state index >= 15 is 0 Å². The molecule has 0 aliphatic carbocycles. The number of nitro benzene ring substituents is 1. The van der Waals surface area contributed by atoms with Crippen molar-refractivity contribution in [2.24, 2.45) is 11.1 Å². The second-order valence-electron chi connectivity index (χ2n) is 4.80. The largest absolute Gasteiger partial charge is 0.323 e. The van der Waals surface area contributed by atoms with E-state index < -0.39 is 11.0 Å². The van der Waals surface area contributed by atoms with E-state index in [1.165, 1.54) is 12.1 Å². The molecule has 0 heterocycles. The van der Waals surface area contributed by atoms with Crippen LogP contribution in [0.1, 0.15) is 32.4 Å². The summed E-state index contributed by atoms with van der Waals surface area (Å²) >= 11 is 5.84. The highest BCUT2D eigenvalue weighted by molar-refractivity contribution is 6.30. The van der Waals surface area contributed by atoms with Crippen LogP contribution in [0.25, 0.3) is 0 Å². The summed E-state index contributed by atoms with van der Waals surface area (Å²) in [5, 5.41) is 11.3. The summed E-state index contributed by atoms with van der Waals surface area (Å²) < 4.78 is 0. The van der Waals surface area contributed by atoms with Crippen molar-refractivity contribution in [1.82, 2.24) is 0 Å². The molecule has 5 heteroatoms. The molecular formula is C11H15ClN2O2. The summed E-state index contributed by atoms with van der Waals surface area (Å²) in [6.07, 6.45) is 0. The molecule has 0 radical (unpaired) electrons. The Morgan fingerprint density at radius 3 is 2.44 bits per heavy atom. The van der Waals surface area contributed by atoms with Crippen LogP contribution in [0.5, 0.6) is 0 Å². The molecule has 0 fully saturated rings. The van der Waals surface area contributed by atoms with E-state index in [1.54, 1.807) is 6.07 Å². The average Bonchev–Trinajstić information content (AvgIpc) is 2.14. The van der Waals surface area contributed by atoms with Crippen LogP contribution >= 0.6 is 11.6 Å². The molecular weight excluding hydrogens is 228 g/mol. The lowest BCUT2D eigenvalue weighted by atomic mass is 9.82. The minimum Gasteiger partial charge on any atom is -0.323 e. The van der Waals surface area contributed by atoms with E-state index in [2.05, 4.69) is 0 Å². The quantitative estimate of drug-likeness (QED) is 0.639. The SMILES string of the molecule is CC(C)(C)[C@H](N)c1cc(Cl)ccc1[N+](=O)[O-]. The molecule has 0 aromatic heterocycles. The van der Waals surface area contributed by atoms with Gasteiger partial charge < -0.3 is 5.73 Å². The van der Waals surface area contributed by atoms with Crippen LogP contribution in [-0.4, -0.2) is 4.92 Å². The second-order valence-corrected chi connectivity index (χ2v) is 5.24. The minimum atomic E-state index is -0.433. The highest BCUT2D eigenvalue weighted by atomic mass is 35.5. The Bertz CT molecular complexity index is 413. The number of benzene rings is 1. The van der Waals surface area contributed by atoms with E-state index in [0.717, 1.165) is 0 Å². The fourth-order valence-electron chi connectivity index (χ4n) is 1.41. The smallest absolute Gasteiger partial charge is 0.274 e. The summed E-state index contributed by atoms with van der Waals surface area (Å²) in [7, 11) is 0. The Labute approximate surface area is 99.6 Å². The minimum absolute atomic E-state index is 0.0202. The molecule has 0 aliphatic rings. The van der Waals surface area contributed by atoms with Crippen molar-refractivity contribution in [2.45, 2.75) is 26.8 Å². The van der Waals surface area contributed by atoms with Crippen molar-refractivity contribution in [2.75, 3.05) is 0 Å². The van der Waals surface area contributed by atoms with Gasteiger partial charge in [0.15, 0.2) is 0 Å². The molecule has 1 aromatic rings. The number of rotatable bonds is 2. The summed E-state index contributed by atoms with van der Waals surface area (Å²) in [5.74, 6) is 0. The number of nitrogens with two attached hydrogens (primary N) is 1. The van der Waals surface area contributed by atoms with Crippen LogP contribution in [0.2, 0.25) is 5.02 Å². The zero-order valence-electron chi connectivity index (χ0n) is 9.53. The summed E-state index contributed by atoms with van der Waals surface area (Å²) in [6.45, 7) is 5.80. The van der Waals surface area contributed by atoms with Crippen molar-refractivity contribution in [1.29, 1.82) is 0 Å². The third kappa shape index (κ3) is 2.71. The predicted molar refractivity (Wildman–Crippen MR) is 64.5 cm³/mol. The molecule has 0 bridgehead atoms. The predicted octanol–water partition coefficient (Wildman–Crippen LogP) is 3.29. The van der Waals surface area contributed by atoms with Gasteiger partial charge in [-0.25, -0.2) is 0 Å². The zero-order valence-corrected chi connectivity index (χ0v) is 10.3. The van der Waals surface area contributed by atoms with Crippen LogP contribution in [0, 0.1) is 15.5 Å². The molecule has 16 heavy (non-hydrogen) atoms. The summed E-state index contributed by atoms with van der Waals surface area (Å²) in [6, 6.07) is 4.03. The maximum Gasteiger partial charge on any atom is 0.274 e. The van der Waals surface area contributed by atoms with Gasteiger partial charge in [-0.15, -0.1) is 0 Å². The van der Waals surface area contributed by atoms with Gasteiger partial charge in [0.05, 0.1) is 4.92 Å². The first kappa shape index (κ1) is 12.9. The van der Waals surface area contributed by atoms with Crippen molar-refractivity contribution in [3.8, 4) is 0 Å². The zero-order chi connectivity index (χ0) is 12.5. The fourth-order valence-corrected chi connectivity index (χ4v) is 1.59. The number of nitro groups is 1. The Morgan fingerprint density at radius 1 is 1.44 bits per heavy atom. The number of nitrogens with zero attached hydrogens (tertiary/aromatic N) is 1. The van der Waals surface area contributed by atoms with Gasteiger partial charge in [0, 0.05) is 22.7 Å². The number of hydrogen-bond donors (Lipinski definition) is 1. The van der Waals surface area contributed by atoms with E-state index in [-0.39, 0.29) is 11.1 Å². The van der Waals surface area contributed by atoms with Gasteiger partial charge >= 0.3 is 0 Å². The van der Waals surface area contributed by atoms with Crippen LogP contribution in [0.15, 0.2) is 18.2 Å². The average molecular weight is 243 g/mol. The van der Waals surface area contributed by atoms with E-state index in [9.17, 15) is 10.1 Å². The number of halogens is 1. The molecule has 1 aromatic carbocycles. The third-order valence-corrected chi connectivity index (χ3v) is 2.69. The summed E-state index contributed by atoms with van der Waals surface area (Å²) in [4.78, 5) is 10.4. The topological polar surface area (TPSA) is 69.2 Å². The Kier molecular flexibility index (Phi) is 3.55. The van der Waals surface area contributed by atoms with E-state index in [0.29, 0.717) is 10.6 Å². The van der Waals surface area contributed by atoms with Crippen molar-refractivity contribution in [3.63, 3.8) is 0 Å². The van der Waals surface area contributed by atoms with Crippen LogP contribution < -0.4 is 5.73 Å². The Hall–Kier alpha value is -1.13. The van der Waals surface area contributed by atoms with Crippen LogP contribution in [0.4, 0.5) is 5.69 Å². The molecule has 0 saturated heterocycles. The van der Waals surface area contributed by atoms with Crippen molar-refractivity contribution in [3.05, 3.63) is 38.9 Å². The first-order valence-corrected chi connectivity index (χ1v) is 5.30. The van der Waals surface area contributed by atoms with Crippen LogP contribution in [0.3, 0.4) is 0 Å². The van der Waals surface area contributed by atoms with E-state index in [1.807, 2.05) is 20.8 Å². The highest BCUT2D eigenvalue weighted by Crippen LogP contribution is 2.36. The molecule has 1 rings (SSSR count). The second kappa shape index (κ2) is 4.39. The summed E-state index contributed by atoms with van der Waals surface area (Å²) in [5.41, 5.74) is 6.26. The first-order chi connectivity index (χ1) is 7.23. The van der Waals surface area contributed by atoms with Gasteiger partial charge in [-0.2, -0.15) is 0 Å². The molecule has 2 N–H and O–H groups in total. The molecule has 0 amide bonds. The maximum atomic E-state index is 10.9.